The third kappa shape index (κ3) is 0.972. The van der Waals surface area contributed by atoms with Gasteiger partial charge < -0.3 is 0 Å². The number of hydrogen-bond donors (Lipinski definition) is 0. The van der Waals surface area contributed by atoms with Crippen molar-refractivity contribution in [1.29, 1.82) is 0 Å². The number of fused-ring (bicyclic) bond motifs is 1. The smallest absolute Gasteiger partial charge is 0.00204 e. The van der Waals surface area contributed by atoms with Crippen LogP contribution in [0.4, 0.5) is 0 Å². The Morgan fingerprint density at radius 2 is 2.42 bits per heavy atom. The Labute approximate surface area is 75.4 Å². The highest BCUT2D eigenvalue weighted by atomic mass is 14.6. The molecule has 1 fully saturated rings. The van der Waals surface area contributed by atoms with Gasteiger partial charge in [0.05, 0.1) is 0 Å². The average molecular weight is 162 g/mol. The van der Waals surface area contributed by atoms with Crippen LogP contribution in [0.2, 0.25) is 0 Å². The van der Waals surface area contributed by atoms with E-state index in [-0.39, 0.29) is 0 Å². The maximum atomic E-state index is 2.46. The van der Waals surface area contributed by atoms with E-state index >= 15 is 0 Å². The van der Waals surface area contributed by atoms with Crippen molar-refractivity contribution in [1.82, 2.24) is 0 Å². The second kappa shape index (κ2) is 2.48. The molecular formula is C12H18. The Balaban J connectivity index is 2.17. The number of allylic oxidation sites excluding steroid dienone is 4. The first-order chi connectivity index (χ1) is 5.69. The summed E-state index contributed by atoms with van der Waals surface area (Å²) < 4.78 is 0. The van der Waals surface area contributed by atoms with Crippen LogP contribution in [0.15, 0.2) is 23.8 Å². The van der Waals surface area contributed by atoms with Crippen molar-refractivity contribution in [3.63, 3.8) is 0 Å². The molecule has 3 unspecified atom stereocenters. The molecule has 2 aliphatic rings. The predicted molar refractivity (Wildman–Crippen MR) is 52.9 cm³/mol. The Bertz CT molecular complexity index is 247. The van der Waals surface area contributed by atoms with E-state index in [4.69, 9.17) is 0 Å². The molecule has 0 aromatic carbocycles. The molecule has 0 spiro atoms. The first-order valence-corrected chi connectivity index (χ1v) is 5.06. The van der Waals surface area contributed by atoms with Crippen LogP contribution in [0.25, 0.3) is 0 Å². The van der Waals surface area contributed by atoms with E-state index in [9.17, 15) is 0 Å². The van der Waals surface area contributed by atoms with Gasteiger partial charge in [0.1, 0.15) is 0 Å². The highest BCUT2D eigenvalue weighted by Crippen LogP contribution is 2.62. The van der Waals surface area contributed by atoms with Crippen LogP contribution in [-0.2, 0) is 0 Å². The van der Waals surface area contributed by atoms with E-state index in [1.807, 2.05) is 0 Å². The zero-order chi connectivity index (χ0) is 8.77. The van der Waals surface area contributed by atoms with Gasteiger partial charge in [0.15, 0.2) is 0 Å². The Kier molecular flexibility index (Phi) is 1.67. The van der Waals surface area contributed by atoms with Crippen LogP contribution in [0.1, 0.15) is 33.6 Å². The SMILES string of the molecule is CCC(C)C12C=CC(C)=CC1C2. The van der Waals surface area contributed by atoms with Crippen molar-refractivity contribution in [3.8, 4) is 0 Å². The first-order valence-electron chi connectivity index (χ1n) is 5.06. The largest absolute Gasteiger partial charge is 0.0776 e. The average Bonchev–Trinajstić information content (AvgIpc) is 2.78. The monoisotopic (exact) mass is 162 g/mol. The van der Waals surface area contributed by atoms with Crippen LogP contribution < -0.4 is 0 Å². The third-order valence-electron chi connectivity index (χ3n) is 3.75. The molecule has 0 N–H and O–H groups in total. The van der Waals surface area contributed by atoms with Crippen molar-refractivity contribution in [2.24, 2.45) is 17.3 Å². The normalized spacial score (nSPS) is 40.2. The highest BCUT2D eigenvalue weighted by Gasteiger charge is 2.54. The van der Waals surface area contributed by atoms with Crippen molar-refractivity contribution in [2.45, 2.75) is 33.6 Å². The van der Waals surface area contributed by atoms with E-state index in [1.54, 1.807) is 0 Å². The van der Waals surface area contributed by atoms with Gasteiger partial charge in [-0.05, 0) is 30.6 Å². The molecule has 66 valence electrons. The first kappa shape index (κ1) is 8.10. The highest BCUT2D eigenvalue weighted by molar-refractivity contribution is 5.35. The molecule has 0 aromatic rings. The van der Waals surface area contributed by atoms with Crippen molar-refractivity contribution < 1.29 is 0 Å². The zero-order valence-electron chi connectivity index (χ0n) is 8.30. The second-order valence-electron chi connectivity index (χ2n) is 4.48. The van der Waals surface area contributed by atoms with E-state index in [2.05, 4.69) is 39.0 Å². The molecule has 2 aliphatic carbocycles. The molecule has 0 saturated heterocycles. The van der Waals surface area contributed by atoms with Gasteiger partial charge in [-0.25, -0.2) is 0 Å². The molecule has 1 saturated carbocycles. The summed E-state index contributed by atoms with van der Waals surface area (Å²) in [7, 11) is 0. The lowest BCUT2D eigenvalue weighted by Gasteiger charge is -2.21. The molecule has 0 bridgehead atoms. The van der Waals surface area contributed by atoms with Crippen LogP contribution in [0.5, 0.6) is 0 Å². The summed E-state index contributed by atoms with van der Waals surface area (Å²) in [5.41, 5.74) is 2.03. The van der Waals surface area contributed by atoms with Crippen LogP contribution in [0, 0.1) is 17.3 Å². The van der Waals surface area contributed by atoms with E-state index < -0.39 is 0 Å². The van der Waals surface area contributed by atoms with Gasteiger partial charge in [0, 0.05) is 0 Å². The van der Waals surface area contributed by atoms with E-state index in [0.29, 0.717) is 5.41 Å². The molecule has 2 rings (SSSR count). The Morgan fingerprint density at radius 3 is 3.00 bits per heavy atom. The summed E-state index contributed by atoms with van der Waals surface area (Å²) in [6, 6.07) is 0. The van der Waals surface area contributed by atoms with Gasteiger partial charge in [-0.1, -0.05) is 44.1 Å². The fourth-order valence-electron chi connectivity index (χ4n) is 2.50. The molecule has 0 aromatic heterocycles. The minimum atomic E-state index is 0.578. The number of rotatable bonds is 2. The third-order valence-corrected chi connectivity index (χ3v) is 3.75. The molecule has 3 atom stereocenters. The topological polar surface area (TPSA) is 0 Å². The lowest BCUT2D eigenvalue weighted by atomic mass is 9.83. The van der Waals surface area contributed by atoms with Gasteiger partial charge in [-0.15, -0.1) is 0 Å². The fourth-order valence-corrected chi connectivity index (χ4v) is 2.50. The quantitative estimate of drug-likeness (QED) is 0.582. The van der Waals surface area contributed by atoms with Crippen molar-refractivity contribution >= 4 is 0 Å². The minimum Gasteiger partial charge on any atom is -0.0776 e. The lowest BCUT2D eigenvalue weighted by molar-refractivity contribution is 0.377. The molecule has 12 heavy (non-hydrogen) atoms. The maximum absolute atomic E-state index is 2.46. The molecule has 0 heteroatoms. The summed E-state index contributed by atoms with van der Waals surface area (Å²) in [5.74, 6) is 1.74. The predicted octanol–water partition coefficient (Wildman–Crippen LogP) is 3.55. The van der Waals surface area contributed by atoms with Gasteiger partial charge in [-0.2, -0.15) is 0 Å². The number of hydrogen-bond acceptors (Lipinski definition) is 0. The van der Waals surface area contributed by atoms with Crippen LogP contribution >= 0.6 is 0 Å². The standard InChI is InChI=1S/C12H18/c1-4-10(3)12-6-5-9(2)7-11(12)8-12/h5-7,10-11H,4,8H2,1-3H3. The summed E-state index contributed by atoms with van der Waals surface area (Å²) in [4.78, 5) is 0. The molecule has 0 radical (unpaired) electrons. The Morgan fingerprint density at radius 1 is 1.67 bits per heavy atom. The molecule has 0 aliphatic heterocycles. The lowest BCUT2D eigenvalue weighted by Crippen LogP contribution is -2.13. The molecule has 0 heterocycles. The zero-order valence-corrected chi connectivity index (χ0v) is 8.30. The maximum Gasteiger partial charge on any atom is -0.00204 e. The van der Waals surface area contributed by atoms with Crippen molar-refractivity contribution in [2.75, 3.05) is 0 Å². The summed E-state index contributed by atoms with van der Waals surface area (Å²) in [5, 5.41) is 0. The van der Waals surface area contributed by atoms with Gasteiger partial charge >= 0.3 is 0 Å². The van der Waals surface area contributed by atoms with Crippen LogP contribution in [-0.4, -0.2) is 0 Å². The van der Waals surface area contributed by atoms with Gasteiger partial charge in [0.2, 0.25) is 0 Å². The van der Waals surface area contributed by atoms with Crippen molar-refractivity contribution in [3.05, 3.63) is 23.8 Å². The summed E-state index contributed by atoms with van der Waals surface area (Å²) in [6.07, 6.45) is 9.92. The summed E-state index contributed by atoms with van der Waals surface area (Å²) in [6.45, 7) is 6.89. The molecular weight excluding hydrogens is 144 g/mol. The van der Waals surface area contributed by atoms with E-state index in [0.717, 1.165) is 11.8 Å². The van der Waals surface area contributed by atoms with E-state index in [1.165, 1.54) is 18.4 Å². The second-order valence-corrected chi connectivity index (χ2v) is 4.48. The summed E-state index contributed by atoms with van der Waals surface area (Å²) >= 11 is 0. The molecule has 0 amide bonds. The fraction of sp³-hybridized carbons (Fsp3) is 0.667. The van der Waals surface area contributed by atoms with Crippen LogP contribution in [0.3, 0.4) is 0 Å². The minimum absolute atomic E-state index is 0.578. The van der Waals surface area contributed by atoms with Gasteiger partial charge in [-0.3, -0.25) is 0 Å². The van der Waals surface area contributed by atoms with Gasteiger partial charge in [0.25, 0.3) is 0 Å². The molecule has 0 nitrogen and oxygen atoms in total. The Hall–Kier alpha value is -0.520.